The van der Waals surface area contributed by atoms with Crippen LogP contribution < -0.4 is 4.72 Å². The summed E-state index contributed by atoms with van der Waals surface area (Å²) in [5.74, 6) is 0.562. The van der Waals surface area contributed by atoms with Crippen LogP contribution in [0.25, 0.3) is 0 Å². The summed E-state index contributed by atoms with van der Waals surface area (Å²) >= 11 is 0. The van der Waals surface area contributed by atoms with Crippen LogP contribution in [0.5, 0.6) is 0 Å². The van der Waals surface area contributed by atoms with E-state index in [4.69, 9.17) is 4.52 Å². The van der Waals surface area contributed by atoms with Crippen molar-refractivity contribution >= 4 is 10.2 Å². The van der Waals surface area contributed by atoms with Crippen LogP contribution in [0.4, 0.5) is 0 Å². The van der Waals surface area contributed by atoms with E-state index in [1.54, 1.807) is 0 Å². The highest BCUT2D eigenvalue weighted by Crippen LogP contribution is 2.13. The lowest BCUT2D eigenvalue weighted by Gasteiger charge is -2.19. The maximum absolute atomic E-state index is 12.2. The summed E-state index contributed by atoms with van der Waals surface area (Å²) in [6.07, 6.45) is 5.92. The molecule has 1 saturated heterocycles. The molecule has 0 atom stereocenters. The van der Waals surface area contributed by atoms with Crippen molar-refractivity contribution in [2.75, 3.05) is 13.1 Å². The van der Waals surface area contributed by atoms with Crippen LogP contribution in [0.15, 0.2) is 10.6 Å². The number of hydrogen-bond donors (Lipinski definition) is 1. The van der Waals surface area contributed by atoms with E-state index in [0.29, 0.717) is 18.8 Å². The maximum atomic E-state index is 12.2. The highest BCUT2D eigenvalue weighted by atomic mass is 32.2. The van der Waals surface area contributed by atoms with Gasteiger partial charge in [0.05, 0.1) is 12.2 Å². The quantitative estimate of drug-likeness (QED) is 0.870. The highest BCUT2D eigenvalue weighted by molar-refractivity contribution is 7.87. The lowest BCUT2D eigenvalue weighted by atomic mass is 10.2. The number of aryl methyl sites for hydroxylation is 1. The zero-order valence-electron chi connectivity index (χ0n) is 12.0. The third-order valence-electron chi connectivity index (χ3n) is 3.45. The Kier molecular flexibility index (Phi) is 5.56. The molecule has 1 N–H and O–H groups in total. The Bertz CT molecular complexity index is 505. The van der Waals surface area contributed by atoms with Crippen LogP contribution in [0, 0.1) is 0 Å². The summed E-state index contributed by atoms with van der Waals surface area (Å²) in [6, 6.07) is 1.81. The Labute approximate surface area is 120 Å². The normalized spacial score (nSPS) is 18.1. The Morgan fingerprint density at radius 3 is 2.65 bits per heavy atom. The minimum Gasteiger partial charge on any atom is -0.360 e. The van der Waals surface area contributed by atoms with Crippen LogP contribution in [0.2, 0.25) is 0 Å². The standard InChI is InChI=1S/C13H23N3O3S/c1-2-7-12-10-13(19-15-12)11-14-20(17,18)16-8-5-3-4-6-9-16/h10,14H,2-9,11H2,1H3. The van der Waals surface area contributed by atoms with Gasteiger partial charge >= 0.3 is 0 Å². The Hall–Kier alpha value is -0.920. The molecule has 0 aliphatic carbocycles. The number of nitrogens with one attached hydrogen (secondary N) is 1. The first-order valence-corrected chi connectivity index (χ1v) is 8.75. The molecule has 1 fully saturated rings. The molecule has 2 rings (SSSR count). The molecule has 0 unspecified atom stereocenters. The lowest BCUT2D eigenvalue weighted by Crippen LogP contribution is -2.40. The largest absolute Gasteiger partial charge is 0.360 e. The van der Waals surface area contributed by atoms with E-state index in [0.717, 1.165) is 44.2 Å². The van der Waals surface area contributed by atoms with Gasteiger partial charge in [-0.25, -0.2) is 0 Å². The van der Waals surface area contributed by atoms with Gasteiger partial charge in [-0.05, 0) is 19.3 Å². The molecule has 0 radical (unpaired) electrons. The maximum Gasteiger partial charge on any atom is 0.279 e. The first-order valence-electron chi connectivity index (χ1n) is 7.31. The molecule has 1 aliphatic rings. The third-order valence-corrected chi connectivity index (χ3v) is 5.00. The summed E-state index contributed by atoms with van der Waals surface area (Å²) in [5, 5.41) is 3.91. The fourth-order valence-corrected chi connectivity index (χ4v) is 3.59. The van der Waals surface area contributed by atoms with E-state index in [9.17, 15) is 8.42 Å². The highest BCUT2D eigenvalue weighted by Gasteiger charge is 2.22. The molecule has 0 saturated carbocycles. The minimum atomic E-state index is -3.41. The van der Waals surface area contributed by atoms with Crippen molar-refractivity contribution in [3.8, 4) is 0 Å². The van der Waals surface area contributed by atoms with E-state index in [1.165, 1.54) is 4.31 Å². The first-order chi connectivity index (χ1) is 9.62. The topological polar surface area (TPSA) is 75.4 Å². The van der Waals surface area contributed by atoms with Crippen molar-refractivity contribution in [1.29, 1.82) is 0 Å². The van der Waals surface area contributed by atoms with Crippen LogP contribution in [0.1, 0.15) is 50.5 Å². The van der Waals surface area contributed by atoms with Gasteiger partial charge in [0.25, 0.3) is 10.2 Å². The van der Waals surface area contributed by atoms with Gasteiger partial charge in [-0.15, -0.1) is 0 Å². The Morgan fingerprint density at radius 2 is 2.00 bits per heavy atom. The zero-order chi connectivity index (χ0) is 14.4. The smallest absolute Gasteiger partial charge is 0.279 e. The van der Waals surface area contributed by atoms with Crippen molar-refractivity contribution in [2.45, 2.75) is 52.0 Å². The van der Waals surface area contributed by atoms with Gasteiger partial charge < -0.3 is 4.52 Å². The second-order valence-electron chi connectivity index (χ2n) is 5.17. The summed E-state index contributed by atoms with van der Waals surface area (Å²) in [5.41, 5.74) is 0.872. The average Bonchev–Trinajstić information content (AvgIpc) is 2.69. The summed E-state index contributed by atoms with van der Waals surface area (Å²) in [7, 11) is -3.41. The van der Waals surface area contributed by atoms with Gasteiger partial charge in [0.15, 0.2) is 5.76 Å². The van der Waals surface area contributed by atoms with Gasteiger partial charge in [-0.3, -0.25) is 0 Å². The van der Waals surface area contributed by atoms with E-state index in [-0.39, 0.29) is 6.54 Å². The SMILES string of the molecule is CCCc1cc(CNS(=O)(=O)N2CCCCCC2)on1. The molecule has 6 nitrogen and oxygen atoms in total. The van der Waals surface area contributed by atoms with Gasteiger partial charge in [0.2, 0.25) is 0 Å². The third kappa shape index (κ3) is 4.29. The van der Waals surface area contributed by atoms with Crippen molar-refractivity contribution < 1.29 is 12.9 Å². The number of hydrogen-bond acceptors (Lipinski definition) is 4. The van der Waals surface area contributed by atoms with Crippen LogP contribution in [0.3, 0.4) is 0 Å². The van der Waals surface area contributed by atoms with E-state index >= 15 is 0 Å². The van der Waals surface area contributed by atoms with Gasteiger partial charge in [0, 0.05) is 19.2 Å². The van der Waals surface area contributed by atoms with Crippen molar-refractivity contribution in [3.05, 3.63) is 17.5 Å². The molecule has 1 aromatic heterocycles. The number of rotatable bonds is 6. The van der Waals surface area contributed by atoms with Crippen LogP contribution in [-0.4, -0.2) is 31.0 Å². The summed E-state index contributed by atoms with van der Waals surface area (Å²) in [6.45, 7) is 3.44. The molecular weight excluding hydrogens is 278 g/mol. The monoisotopic (exact) mass is 301 g/mol. The molecular formula is C13H23N3O3S. The predicted molar refractivity (Wildman–Crippen MR) is 76.3 cm³/mol. The van der Waals surface area contributed by atoms with Gasteiger partial charge in [0.1, 0.15) is 0 Å². The summed E-state index contributed by atoms with van der Waals surface area (Å²) in [4.78, 5) is 0. The van der Waals surface area contributed by atoms with Gasteiger partial charge in [-0.2, -0.15) is 17.4 Å². The van der Waals surface area contributed by atoms with Crippen molar-refractivity contribution in [3.63, 3.8) is 0 Å². The zero-order valence-corrected chi connectivity index (χ0v) is 12.8. The van der Waals surface area contributed by atoms with Crippen molar-refractivity contribution in [2.24, 2.45) is 0 Å². The molecule has 1 aliphatic heterocycles. The second kappa shape index (κ2) is 7.19. The Morgan fingerprint density at radius 1 is 1.30 bits per heavy atom. The fraction of sp³-hybridized carbons (Fsp3) is 0.769. The number of nitrogens with zero attached hydrogens (tertiary/aromatic N) is 2. The first kappa shape index (κ1) is 15.5. The summed E-state index contributed by atoms with van der Waals surface area (Å²) < 4.78 is 33.6. The molecule has 114 valence electrons. The minimum absolute atomic E-state index is 0.162. The molecule has 0 aromatic carbocycles. The number of aromatic nitrogens is 1. The molecule has 0 bridgehead atoms. The molecule has 0 amide bonds. The van der Waals surface area contributed by atoms with Crippen LogP contribution >= 0.6 is 0 Å². The molecule has 7 heteroatoms. The molecule has 1 aromatic rings. The molecule has 20 heavy (non-hydrogen) atoms. The molecule has 0 spiro atoms. The van der Waals surface area contributed by atoms with Crippen molar-refractivity contribution in [1.82, 2.24) is 14.2 Å². The van der Waals surface area contributed by atoms with Crippen LogP contribution in [-0.2, 0) is 23.2 Å². The van der Waals surface area contributed by atoms with Gasteiger partial charge in [-0.1, -0.05) is 31.3 Å². The predicted octanol–water partition coefficient (Wildman–Crippen LogP) is 1.84. The average molecular weight is 301 g/mol. The Balaban J connectivity index is 1.90. The molecule has 2 heterocycles. The fourth-order valence-electron chi connectivity index (χ4n) is 2.35. The van der Waals surface area contributed by atoms with E-state index in [1.807, 2.05) is 6.07 Å². The lowest BCUT2D eigenvalue weighted by molar-refractivity contribution is 0.368. The van der Waals surface area contributed by atoms with E-state index in [2.05, 4.69) is 16.8 Å². The second-order valence-corrected chi connectivity index (χ2v) is 6.93. The van der Waals surface area contributed by atoms with E-state index < -0.39 is 10.2 Å².